The molecule has 0 spiro atoms. The van der Waals surface area contributed by atoms with Gasteiger partial charge >= 0.3 is 0 Å². The van der Waals surface area contributed by atoms with Gasteiger partial charge in [0.2, 0.25) is 0 Å². The molecular formula is C27H46F2O4S2. The zero-order chi connectivity index (χ0) is 25.0. The lowest BCUT2D eigenvalue weighted by atomic mass is 9.72. The second kappa shape index (κ2) is 12.9. The monoisotopic (exact) mass is 536 g/mol. The molecule has 0 aromatic carbocycles. The third-order valence-corrected chi connectivity index (χ3v) is 11.6. The Morgan fingerprint density at radius 2 is 1.26 bits per heavy atom. The maximum absolute atomic E-state index is 15.3. The van der Waals surface area contributed by atoms with Crippen molar-refractivity contribution in [3.05, 3.63) is 0 Å². The second-order valence-corrected chi connectivity index (χ2v) is 13.8. The van der Waals surface area contributed by atoms with Gasteiger partial charge in [-0.1, -0.05) is 6.92 Å². The van der Waals surface area contributed by atoms with Crippen LogP contribution < -0.4 is 0 Å². The molecule has 0 aromatic rings. The average molecular weight is 537 g/mol. The zero-order valence-electron chi connectivity index (χ0n) is 21.5. The second-order valence-electron chi connectivity index (χ2n) is 11.7. The Balaban J connectivity index is 1.14. The normalized spacial score (nSPS) is 42.5. The summed E-state index contributed by atoms with van der Waals surface area (Å²) in [5, 5.41) is 0.179. The predicted molar refractivity (Wildman–Crippen MR) is 139 cm³/mol. The lowest BCUT2D eigenvalue weighted by Crippen LogP contribution is -2.43. The van der Waals surface area contributed by atoms with Gasteiger partial charge in [0.15, 0.2) is 11.1 Å². The summed E-state index contributed by atoms with van der Waals surface area (Å²) >= 11 is 3.33. The van der Waals surface area contributed by atoms with E-state index < -0.39 is 28.8 Å². The molecule has 0 saturated heterocycles. The summed E-state index contributed by atoms with van der Waals surface area (Å²) in [5.74, 6) is -3.19. The van der Waals surface area contributed by atoms with Crippen molar-refractivity contribution in [1.82, 2.24) is 0 Å². The van der Waals surface area contributed by atoms with Gasteiger partial charge in [-0.05, 0) is 102 Å². The minimum atomic E-state index is -2.59. The van der Waals surface area contributed by atoms with E-state index in [-0.39, 0.29) is 28.8 Å². The fourth-order valence-electron chi connectivity index (χ4n) is 6.77. The lowest BCUT2D eigenvalue weighted by Gasteiger charge is -2.42. The van der Waals surface area contributed by atoms with E-state index in [1.54, 1.807) is 7.11 Å². The molecule has 35 heavy (non-hydrogen) atoms. The minimum Gasteiger partial charge on any atom is -0.381 e. The molecule has 4 fully saturated rings. The summed E-state index contributed by atoms with van der Waals surface area (Å²) in [6, 6.07) is 0. The first kappa shape index (κ1) is 28.3. The Morgan fingerprint density at radius 1 is 0.743 bits per heavy atom. The lowest BCUT2D eigenvalue weighted by molar-refractivity contribution is -0.143. The van der Waals surface area contributed by atoms with Gasteiger partial charge in [0.25, 0.3) is 5.92 Å². The van der Waals surface area contributed by atoms with Gasteiger partial charge in [0, 0.05) is 24.2 Å². The maximum atomic E-state index is 15.3. The van der Waals surface area contributed by atoms with Crippen LogP contribution in [0.5, 0.6) is 0 Å². The third kappa shape index (κ3) is 7.42. The number of hydrogen-bond acceptors (Lipinski definition) is 5. The fraction of sp³-hybridized carbons (Fsp3) is 1.00. The third-order valence-electron chi connectivity index (χ3n) is 9.38. The van der Waals surface area contributed by atoms with E-state index >= 15 is 8.78 Å². The Kier molecular flexibility index (Phi) is 10.4. The molecule has 4 aliphatic rings. The van der Waals surface area contributed by atoms with Crippen molar-refractivity contribution >= 4 is 23.7 Å². The van der Waals surface area contributed by atoms with Gasteiger partial charge in [-0.2, -0.15) is 12.6 Å². The van der Waals surface area contributed by atoms with E-state index in [0.29, 0.717) is 37.7 Å². The van der Waals surface area contributed by atoms with Crippen LogP contribution in [-0.2, 0) is 24.7 Å². The van der Waals surface area contributed by atoms with Gasteiger partial charge in [0.1, 0.15) is 0 Å². The van der Waals surface area contributed by atoms with E-state index in [1.165, 1.54) is 0 Å². The molecule has 204 valence electrons. The average Bonchev–Trinajstić information content (AvgIpc) is 2.87. The molecule has 0 heterocycles. The summed E-state index contributed by atoms with van der Waals surface area (Å²) in [7, 11) is 1.75. The van der Waals surface area contributed by atoms with E-state index in [4.69, 9.17) is 13.7 Å². The highest BCUT2D eigenvalue weighted by molar-refractivity contribution is 7.81. The van der Waals surface area contributed by atoms with E-state index in [9.17, 15) is 4.21 Å². The summed E-state index contributed by atoms with van der Waals surface area (Å²) in [4.78, 5) is 0. The van der Waals surface area contributed by atoms with Crippen LogP contribution in [0.25, 0.3) is 0 Å². The molecule has 0 bridgehead atoms. The summed E-state index contributed by atoms with van der Waals surface area (Å²) in [6.45, 7) is 2.13. The van der Waals surface area contributed by atoms with Crippen LogP contribution >= 0.6 is 12.6 Å². The molecule has 0 aliphatic heterocycles. The molecule has 8 heteroatoms. The predicted octanol–water partition coefficient (Wildman–Crippen LogP) is 6.88. The topological polar surface area (TPSA) is 44.8 Å². The smallest absolute Gasteiger partial charge is 0.253 e. The Labute approximate surface area is 219 Å². The van der Waals surface area contributed by atoms with Crippen LogP contribution in [0.15, 0.2) is 0 Å². The molecule has 4 rings (SSSR count). The summed E-state index contributed by atoms with van der Waals surface area (Å²) in [6.07, 6.45) is 12.5. The van der Waals surface area contributed by atoms with Crippen LogP contribution in [0.4, 0.5) is 8.78 Å². The van der Waals surface area contributed by atoms with Crippen molar-refractivity contribution in [3.8, 4) is 0 Å². The number of methoxy groups -OCH3 is 1. The van der Waals surface area contributed by atoms with Crippen molar-refractivity contribution < 1.29 is 26.6 Å². The number of halogens is 2. The van der Waals surface area contributed by atoms with E-state index in [2.05, 4.69) is 19.6 Å². The molecule has 4 aliphatic carbocycles. The highest BCUT2D eigenvalue weighted by atomic mass is 32.2. The number of rotatable bonds is 8. The molecule has 0 N–H and O–H groups in total. The van der Waals surface area contributed by atoms with Gasteiger partial charge in [-0.15, -0.1) is 0 Å². The first-order valence-corrected chi connectivity index (χ1v) is 15.7. The number of hydrogen-bond donors (Lipinski definition) is 1. The van der Waals surface area contributed by atoms with Gasteiger partial charge < -0.3 is 9.47 Å². The maximum Gasteiger partial charge on any atom is 0.253 e. The SMILES string of the molecule is COC1CCC(OS(=O)C2CCC(OC3CCC(C(F)(F)C4CCC(C)C(S)C4)CC3)CC2)CC1. The zero-order valence-corrected chi connectivity index (χ0v) is 23.3. The van der Waals surface area contributed by atoms with Crippen molar-refractivity contribution in [3.63, 3.8) is 0 Å². The quantitative estimate of drug-likeness (QED) is 0.344. The van der Waals surface area contributed by atoms with Crippen LogP contribution in [-0.4, -0.2) is 52.2 Å². The van der Waals surface area contributed by atoms with E-state index in [1.807, 2.05) is 0 Å². The first-order valence-electron chi connectivity index (χ1n) is 14.1. The van der Waals surface area contributed by atoms with Crippen molar-refractivity contribution in [2.45, 2.75) is 144 Å². The highest BCUT2D eigenvalue weighted by Crippen LogP contribution is 2.48. The Bertz CT molecular complexity index is 672. The van der Waals surface area contributed by atoms with Crippen molar-refractivity contribution in [2.75, 3.05) is 7.11 Å². The molecule has 4 atom stereocenters. The largest absolute Gasteiger partial charge is 0.381 e. The molecule has 0 aromatic heterocycles. The molecule has 0 radical (unpaired) electrons. The number of alkyl halides is 2. The molecule has 4 nitrogen and oxygen atoms in total. The molecule has 4 unspecified atom stereocenters. The van der Waals surface area contributed by atoms with Gasteiger partial charge in [-0.25, -0.2) is 13.0 Å². The van der Waals surface area contributed by atoms with Crippen LogP contribution in [0.3, 0.4) is 0 Å². The molecule has 4 saturated carbocycles. The van der Waals surface area contributed by atoms with Crippen LogP contribution in [0, 0.1) is 17.8 Å². The Morgan fingerprint density at radius 3 is 1.83 bits per heavy atom. The molecule has 0 amide bonds. The van der Waals surface area contributed by atoms with Crippen molar-refractivity contribution in [2.24, 2.45) is 17.8 Å². The highest BCUT2D eigenvalue weighted by Gasteiger charge is 2.49. The summed E-state index contributed by atoms with van der Waals surface area (Å²) in [5.41, 5.74) is 0. The van der Waals surface area contributed by atoms with Crippen LogP contribution in [0.2, 0.25) is 0 Å². The molecular weight excluding hydrogens is 490 g/mol. The van der Waals surface area contributed by atoms with E-state index in [0.717, 1.165) is 70.6 Å². The summed E-state index contributed by atoms with van der Waals surface area (Å²) < 4.78 is 61.0. The van der Waals surface area contributed by atoms with Crippen molar-refractivity contribution in [1.29, 1.82) is 0 Å². The minimum absolute atomic E-state index is 0.0818. The van der Waals surface area contributed by atoms with Crippen LogP contribution in [0.1, 0.15) is 103 Å². The van der Waals surface area contributed by atoms with Gasteiger partial charge in [-0.3, -0.25) is 4.18 Å². The standard InChI is InChI=1S/C27H46F2O4S2/c1-18-3-4-20(17-26(18)34)27(28,29)19-5-7-22(8-6-19)32-23-13-15-25(16-14-23)35(30)33-24-11-9-21(31-2)10-12-24/h18-26,34H,3-17H2,1-2H3. The van der Waals surface area contributed by atoms with Gasteiger partial charge in [0.05, 0.1) is 29.7 Å². The number of thiol groups is 1. The number of ether oxygens (including phenoxy) is 2. The first-order chi connectivity index (χ1) is 16.8. The Hall–Kier alpha value is 0.240. The fourth-order valence-corrected chi connectivity index (χ4v) is 8.45.